The zero-order valence-corrected chi connectivity index (χ0v) is 13.3. The molecule has 0 unspecified atom stereocenters. The van der Waals surface area contributed by atoms with Gasteiger partial charge in [-0.15, -0.1) is 0 Å². The number of hydrogen-bond donors (Lipinski definition) is 2. The van der Waals surface area contributed by atoms with Crippen LogP contribution in [0.5, 0.6) is 0 Å². The van der Waals surface area contributed by atoms with Gasteiger partial charge >= 0.3 is 0 Å². The monoisotopic (exact) mass is 328 g/mol. The van der Waals surface area contributed by atoms with Crippen LogP contribution in [0.1, 0.15) is 28.8 Å². The lowest BCUT2D eigenvalue weighted by Crippen LogP contribution is -2.24. The van der Waals surface area contributed by atoms with Crippen LogP contribution in [-0.2, 0) is 11.3 Å². The predicted octanol–water partition coefficient (Wildman–Crippen LogP) is 3.62. The van der Waals surface area contributed by atoms with Crippen LogP contribution in [0.4, 0.5) is 5.69 Å². The molecule has 4 nitrogen and oxygen atoms in total. The van der Waals surface area contributed by atoms with Gasteiger partial charge in [0.2, 0.25) is 5.91 Å². The summed E-state index contributed by atoms with van der Waals surface area (Å²) in [7, 11) is 0. The summed E-state index contributed by atoms with van der Waals surface area (Å²) in [5.74, 6) is 0.105. The Kier molecular flexibility index (Phi) is 4.63. The van der Waals surface area contributed by atoms with E-state index in [9.17, 15) is 9.59 Å². The van der Waals surface area contributed by atoms with Crippen LogP contribution in [0.3, 0.4) is 0 Å². The normalized spacial score (nSPS) is 13.4. The third-order valence-corrected chi connectivity index (χ3v) is 4.08. The van der Waals surface area contributed by atoms with Gasteiger partial charge in [-0.2, -0.15) is 0 Å². The van der Waals surface area contributed by atoms with Crippen molar-refractivity contribution in [1.29, 1.82) is 0 Å². The molecule has 0 heterocycles. The molecule has 0 radical (unpaired) electrons. The number of carbonyl (C=O) groups excluding carboxylic acids is 2. The fourth-order valence-corrected chi connectivity index (χ4v) is 2.39. The van der Waals surface area contributed by atoms with E-state index in [1.54, 1.807) is 24.3 Å². The Bertz CT molecular complexity index is 724. The summed E-state index contributed by atoms with van der Waals surface area (Å²) in [6, 6.07) is 14.3. The quantitative estimate of drug-likeness (QED) is 0.880. The third-order valence-electron chi connectivity index (χ3n) is 3.75. The first-order chi connectivity index (χ1) is 11.1. The highest BCUT2D eigenvalue weighted by Crippen LogP contribution is 2.28. The zero-order valence-electron chi connectivity index (χ0n) is 12.5. The summed E-state index contributed by atoms with van der Waals surface area (Å²) >= 11 is 6.03. The van der Waals surface area contributed by atoms with E-state index in [-0.39, 0.29) is 17.7 Å². The number of amides is 2. The number of hydrogen-bond acceptors (Lipinski definition) is 2. The van der Waals surface area contributed by atoms with Gasteiger partial charge in [0.1, 0.15) is 0 Å². The van der Waals surface area contributed by atoms with Crippen molar-refractivity contribution in [2.75, 3.05) is 5.32 Å². The topological polar surface area (TPSA) is 58.2 Å². The molecule has 5 heteroatoms. The Morgan fingerprint density at radius 2 is 1.74 bits per heavy atom. The van der Waals surface area contributed by atoms with E-state index in [1.165, 1.54) is 0 Å². The van der Waals surface area contributed by atoms with Crippen molar-refractivity contribution in [1.82, 2.24) is 5.32 Å². The van der Waals surface area contributed by atoms with Crippen LogP contribution in [0.15, 0.2) is 48.5 Å². The lowest BCUT2D eigenvalue weighted by atomic mass is 10.1. The standard InChI is InChI=1S/C18H17ClN2O2/c19-15-3-1-2-4-16(15)21-18(23)14-7-5-12(6-8-14)11-20-17(22)13-9-10-13/h1-8,13H,9-11H2,(H,20,22)(H,21,23). The molecule has 23 heavy (non-hydrogen) atoms. The average molecular weight is 329 g/mol. The van der Waals surface area contributed by atoms with Crippen molar-refractivity contribution in [2.45, 2.75) is 19.4 Å². The Labute approximate surface area is 139 Å². The average Bonchev–Trinajstić information content (AvgIpc) is 3.40. The summed E-state index contributed by atoms with van der Waals surface area (Å²) in [6.07, 6.45) is 1.99. The van der Waals surface area contributed by atoms with E-state index in [0.29, 0.717) is 22.8 Å². The number of nitrogens with one attached hydrogen (secondary N) is 2. The van der Waals surface area contributed by atoms with Gasteiger partial charge in [0.05, 0.1) is 10.7 Å². The molecular weight excluding hydrogens is 312 g/mol. The van der Waals surface area contributed by atoms with Crippen molar-refractivity contribution in [2.24, 2.45) is 5.92 Å². The van der Waals surface area contributed by atoms with Crippen LogP contribution in [0.2, 0.25) is 5.02 Å². The highest BCUT2D eigenvalue weighted by Gasteiger charge is 2.29. The largest absolute Gasteiger partial charge is 0.352 e. The Balaban J connectivity index is 1.58. The van der Waals surface area contributed by atoms with Gasteiger partial charge in [0.25, 0.3) is 5.91 Å². The Morgan fingerprint density at radius 3 is 2.39 bits per heavy atom. The number of benzene rings is 2. The van der Waals surface area contributed by atoms with Crippen molar-refractivity contribution >= 4 is 29.1 Å². The lowest BCUT2D eigenvalue weighted by molar-refractivity contribution is -0.122. The van der Waals surface area contributed by atoms with E-state index >= 15 is 0 Å². The van der Waals surface area contributed by atoms with Crippen molar-refractivity contribution in [3.05, 3.63) is 64.7 Å². The molecule has 0 aliphatic heterocycles. The number of para-hydroxylation sites is 1. The van der Waals surface area contributed by atoms with E-state index in [0.717, 1.165) is 18.4 Å². The second-order valence-electron chi connectivity index (χ2n) is 5.62. The van der Waals surface area contributed by atoms with E-state index < -0.39 is 0 Å². The van der Waals surface area contributed by atoms with Gasteiger partial charge in [0, 0.05) is 18.0 Å². The summed E-state index contributed by atoms with van der Waals surface area (Å²) in [5.41, 5.74) is 2.09. The molecule has 118 valence electrons. The molecule has 0 atom stereocenters. The fraction of sp³-hybridized carbons (Fsp3) is 0.222. The van der Waals surface area contributed by atoms with E-state index in [4.69, 9.17) is 11.6 Å². The smallest absolute Gasteiger partial charge is 0.255 e. The number of halogens is 1. The summed E-state index contributed by atoms with van der Waals surface area (Å²) < 4.78 is 0. The first-order valence-corrected chi connectivity index (χ1v) is 7.94. The first kappa shape index (κ1) is 15.6. The molecule has 1 aliphatic rings. The zero-order chi connectivity index (χ0) is 16.2. The van der Waals surface area contributed by atoms with Crippen LogP contribution < -0.4 is 10.6 Å². The minimum Gasteiger partial charge on any atom is -0.352 e. The van der Waals surface area contributed by atoms with E-state index in [2.05, 4.69) is 10.6 Å². The number of anilines is 1. The maximum Gasteiger partial charge on any atom is 0.255 e. The van der Waals surface area contributed by atoms with Crippen LogP contribution in [-0.4, -0.2) is 11.8 Å². The molecule has 0 aromatic heterocycles. The van der Waals surface area contributed by atoms with Gasteiger partial charge in [-0.1, -0.05) is 35.9 Å². The van der Waals surface area contributed by atoms with Gasteiger partial charge in [-0.3, -0.25) is 9.59 Å². The number of rotatable bonds is 5. The Morgan fingerprint density at radius 1 is 1.04 bits per heavy atom. The molecule has 2 amide bonds. The van der Waals surface area contributed by atoms with Crippen molar-refractivity contribution < 1.29 is 9.59 Å². The second kappa shape index (κ2) is 6.84. The van der Waals surface area contributed by atoms with Gasteiger partial charge < -0.3 is 10.6 Å². The highest BCUT2D eigenvalue weighted by atomic mass is 35.5. The maximum absolute atomic E-state index is 12.2. The van der Waals surface area contributed by atoms with Gasteiger partial charge in [-0.25, -0.2) is 0 Å². The van der Waals surface area contributed by atoms with Gasteiger partial charge in [0.15, 0.2) is 0 Å². The molecule has 0 saturated heterocycles. The highest BCUT2D eigenvalue weighted by molar-refractivity contribution is 6.33. The molecule has 2 aromatic carbocycles. The molecule has 3 rings (SSSR count). The molecular formula is C18H17ClN2O2. The van der Waals surface area contributed by atoms with Crippen molar-refractivity contribution in [3.63, 3.8) is 0 Å². The van der Waals surface area contributed by atoms with Crippen LogP contribution in [0.25, 0.3) is 0 Å². The minimum atomic E-state index is -0.216. The predicted molar refractivity (Wildman–Crippen MR) is 90.4 cm³/mol. The van der Waals surface area contributed by atoms with Gasteiger partial charge in [-0.05, 0) is 42.7 Å². The SMILES string of the molecule is O=C(Nc1ccccc1Cl)c1ccc(CNC(=O)C2CC2)cc1. The molecule has 2 aromatic rings. The minimum absolute atomic E-state index is 0.116. The fourth-order valence-electron chi connectivity index (χ4n) is 2.21. The summed E-state index contributed by atoms with van der Waals surface area (Å²) in [6.45, 7) is 0.488. The second-order valence-corrected chi connectivity index (χ2v) is 6.03. The Hall–Kier alpha value is -2.33. The lowest BCUT2D eigenvalue weighted by Gasteiger charge is -2.08. The molecule has 1 fully saturated rings. The van der Waals surface area contributed by atoms with Crippen LogP contribution in [0, 0.1) is 5.92 Å². The van der Waals surface area contributed by atoms with Crippen molar-refractivity contribution in [3.8, 4) is 0 Å². The molecule has 1 saturated carbocycles. The first-order valence-electron chi connectivity index (χ1n) is 7.56. The molecule has 0 spiro atoms. The molecule has 1 aliphatic carbocycles. The van der Waals surface area contributed by atoms with Crippen LogP contribution >= 0.6 is 11.6 Å². The molecule has 2 N–H and O–H groups in total. The number of carbonyl (C=O) groups is 2. The maximum atomic E-state index is 12.2. The summed E-state index contributed by atoms with van der Waals surface area (Å²) in [5, 5.41) is 6.18. The summed E-state index contributed by atoms with van der Waals surface area (Å²) in [4.78, 5) is 23.8. The van der Waals surface area contributed by atoms with E-state index in [1.807, 2.05) is 24.3 Å². The third kappa shape index (κ3) is 4.11. The molecule has 0 bridgehead atoms.